The molecule has 4 N–H and O–H groups in total. The zero-order valence-electron chi connectivity index (χ0n) is 20.9. The van der Waals surface area contributed by atoms with E-state index in [1.165, 1.54) is 24.3 Å². The molecule has 0 aromatic heterocycles. The Morgan fingerprint density at radius 1 is 0.872 bits per heavy atom. The summed E-state index contributed by atoms with van der Waals surface area (Å²) in [6.07, 6.45) is -0.202. The third-order valence-electron chi connectivity index (χ3n) is 5.28. The minimum Gasteiger partial charge on any atom is -0.494 e. The van der Waals surface area contributed by atoms with Gasteiger partial charge >= 0.3 is 12.1 Å². The number of aliphatic carboxylic acids is 1. The van der Waals surface area contributed by atoms with E-state index in [1.54, 1.807) is 30.3 Å². The molecule has 1 atom stereocenters. The maximum absolute atomic E-state index is 12.4. The smallest absolute Gasteiger partial charge is 0.411 e. The van der Waals surface area contributed by atoms with Gasteiger partial charge in [-0.1, -0.05) is 48.5 Å². The highest BCUT2D eigenvalue weighted by Gasteiger charge is 2.25. The van der Waals surface area contributed by atoms with Gasteiger partial charge < -0.3 is 19.9 Å². The molecular formula is C27H29N3O8S. The summed E-state index contributed by atoms with van der Waals surface area (Å²) in [6, 6.07) is 21.7. The van der Waals surface area contributed by atoms with Crippen molar-refractivity contribution < 1.29 is 37.4 Å². The van der Waals surface area contributed by atoms with Gasteiger partial charge in [0.05, 0.1) is 11.5 Å². The van der Waals surface area contributed by atoms with Gasteiger partial charge in [-0.2, -0.15) is 4.72 Å². The fourth-order valence-electron chi connectivity index (χ4n) is 3.27. The number of benzene rings is 3. The summed E-state index contributed by atoms with van der Waals surface area (Å²) in [7, 11) is -4.06. The molecule has 0 aliphatic heterocycles. The van der Waals surface area contributed by atoms with Crippen LogP contribution in [-0.4, -0.2) is 50.7 Å². The number of nitrogens with one attached hydrogen (secondary N) is 3. The SMILES string of the molecule is O=C(CCCOc1ccc(NC(=O)OCc2ccccc2)cc1)NC[C@H](NS(=O)(=O)c1ccccc1)C(=O)O. The second-order valence-electron chi connectivity index (χ2n) is 8.29. The predicted molar refractivity (Wildman–Crippen MR) is 143 cm³/mol. The van der Waals surface area contributed by atoms with Gasteiger partial charge in [-0.05, 0) is 48.4 Å². The third-order valence-corrected chi connectivity index (χ3v) is 6.77. The lowest BCUT2D eigenvalue weighted by atomic mass is 10.2. The summed E-state index contributed by atoms with van der Waals surface area (Å²) < 4.78 is 37.6. The van der Waals surface area contributed by atoms with Gasteiger partial charge in [-0.25, -0.2) is 13.2 Å². The summed E-state index contributed by atoms with van der Waals surface area (Å²) in [4.78, 5) is 35.5. The van der Waals surface area contributed by atoms with E-state index in [2.05, 4.69) is 15.4 Å². The summed E-state index contributed by atoms with van der Waals surface area (Å²) in [6.45, 7) is -0.0483. The first-order chi connectivity index (χ1) is 18.7. The molecule has 0 bridgehead atoms. The molecule has 0 saturated carbocycles. The Labute approximate surface area is 226 Å². The third kappa shape index (κ3) is 10.1. The average Bonchev–Trinajstić information content (AvgIpc) is 2.94. The van der Waals surface area contributed by atoms with E-state index in [-0.39, 0.29) is 24.5 Å². The highest BCUT2D eigenvalue weighted by Crippen LogP contribution is 2.16. The molecule has 3 aromatic carbocycles. The number of hydrogen-bond donors (Lipinski definition) is 4. The first-order valence-corrected chi connectivity index (χ1v) is 13.5. The Morgan fingerprint density at radius 2 is 1.51 bits per heavy atom. The number of ether oxygens (including phenoxy) is 2. The lowest BCUT2D eigenvalue weighted by Gasteiger charge is -2.15. The second-order valence-corrected chi connectivity index (χ2v) is 10.0. The molecule has 0 fully saturated rings. The Hall–Kier alpha value is -4.42. The topological polar surface area (TPSA) is 160 Å². The molecule has 206 valence electrons. The summed E-state index contributed by atoms with van der Waals surface area (Å²) >= 11 is 0. The van der Waals surface area contributed by atoms with E-state index in [0.717, 1.165) is 5.56 Å². The highest BCUT2D eigenvalue weighted by atomic mass is 32.2. The summed E-state index contributed by atoms with van der Waals surface area (Å²) in [5, 5.41) is 14.4. The number of carboxylic acids is 1. The maximum atomic E-state index is 12.4. The van der Waals surface area contributed by atoms with Crippen molar-refractivity contribution in [3.8, 4) is 5.75 Å². The molecule has 3 rings (SSSR count). The molecular weight excluding hydrogens is 526 g/mol. The number of carbonyl (C=O) groups excluding carboxylic acids is 2. The zero-order valence-corrected chi connectivity index (χ0v) is 21.7. The molecule has 0 aliphatic rings. The van der Waals surface area contributed by atoms with E-state index in [4.69, 9.17) is 9.47 Å². The van der Waals surface area contributed by atoms with Crippen molar-refractivity contribution in [1.29, 1.82) is 0 Å². The maximum Gasteiger partial charge on any atom is 0.411 e. The summed E-state index contributed by atoms with van der Waals surface area (Å²) in [5.41, 5.74) is 1.40. The molecule has 2 amide bonds. The van der Waals surface area contributed by atoms with Gasteiger partial charge in [0.2, 0.25) is 15.9 Å². The zero-order chi connectivity index (χ0) is 28.1. The van der Waals surface area contributed by atoms with Crippen LogP contribution in [0.15, 0.2) is 89.8 Å². The first-order valence-electron chi connectivity index (χ1n) is 12.0. The predicted octanol–water partition coefficient (Wildman–Crippen LogP) is 3.14. The Bertz CT molecular complexity index is 1330. The second kappa shape index (κ2) is 14.5. The molecule has 0 saturated heterocycles. The highest BCUT2D eigenvalue weighted by molar-refractivity contribution is 7.89. The van der Waals surface area contributed by atoms with Crippen molar-refractivity contribution in [2.45, 2.75) is 30.4 Å². The molecule has 0 aliphatic carbocycles. The minimum atomic E-state index is -4.06. The Balaban J connectivity index is 1.34. The number of rotatable bonds is 14. The Morgan fingerprint density at radius 3 is 2.15 bits per heavy atom. The molecule has 0 unspecified atom stereocenters. The molecule has 3 aromatic rings. The van der Waals surface area contributed by atoms with Crippen molar-refractivity contribution in [1.82, 2.24) is 10.0 Å². The molecule has 0 spiro atoms. The number of anilines is 1. The van der Waals surface area contributed by atoms with E-state index in [0.29, 0.717) is 17.9 Å². The van der Waals surface area contributed by atoms with Crippen LogP contribution in [0.2, 0.25) is 0 Å². The van der Waals surface area contributed by atoms with Crippen molar-refractivity contribution in [3.05, 3.63) is 90.5 Å². The van der Waals surface area contributed by atoms with Crippen LogP contribution in [0.3, 0.4) is 0 Å². The van der Waals surface area contributed by atoms with Crippen LogP contribution < -0.4 is 20.1 Å². The lowest BCUT2D eigenvalue weighted by molar-refractivity contribution is -0.138. The van der Waals surface area contributed by atoms with E-state index >= 15 is 0 Å². The van der Waals surface area contributed by atoms with Gasteiger partial charge in [-0.3, -0.25) is 14.9 Å². The molecule has 11 nitrogen and oxygen atoms in total. The Kier molecular flexibility index (Phi) is 10.8. The van der Waals surface area contributed by atoms with Crippen molar-refractivity contribution in [2.24, 2.45) is 0 Å². The number of amides is 2. The van der Waals surface area contributed by atoms with Crippen LogP contribution in [0.5, 0.6) is 5.75 Å². The largest absolute Gasteiger partial charge is 0.494 e. The van der Waals surface area contributed by atoms with Gasteiger partial charge in [0.25, 0.3) is 0 Å². The van der Waals surface area contributed by atoms with Crippen LogP contribution in [0.25, 0.3) is 0 Å². The monoisotopic (exact) mass is 555 g/mol. The average molecular weight is 556 g/mol. The minimum absolute atomic E-state index is 0.0463. The normalized spacial score (nSPS) is 11.7. The van der Waals surface area contributed by atoms with Gasteiger partial charge in [0.15, 0.2) is 0 Å². The summed E-state index contributed by atoms with van der Waals surface area (Å²) in [5.74, 6) is -1.34. The fourth-order valence-corrected chi connectivity index (χ4v) is 4.48. The van der Waals surface area contributed by atoms with E-state index in [1.807, 2.05) is 30.3 Å². The molecule has 12 heteroatoms. The number of carbonyl (C=O) groups is 3. The number of hydrogen-bond acceptors (Lipinski definition) is 7. The van der Waals surface area contributed by atoms with E-state index < -0.39 is 40.6 Å². The van der Waals surface area contributed by atoms with Gasteiger partial charge in [0, 0.05) is 18.7 Å². The van der Waals surface area contributed by atoms with Crippen LogP contribution in [-0.2, 0) is 31.0 Å². The van der Waals surface area contributed by atoms with Gasteiger partial charge in [0.1, 0.15) is 18.4 Å². The van der Waals surface area contributed by atoms with E-state index in [9.17, 15) is 27.9 Å². The number of sulfonamides is 1. The van der Waals surface area contributed by atoms with Crippen LogP contribution in [0, 0.1) is 0 Å². The fraction of sp³-hybridized carbons (Fsp3) is 0.222. The van der Waals surface area contributed by atoms with Crippen molar-refractivity contribution >= 4 is 33.7 Å². The van der Waals surface area contributed by atoms with Gasteiger partial charge in [-0.15, -0.1) is 0 Å². The van der Waals surface area contributed by atoms with Crippen LogP contribution in [0.1, 0.15) is 18.4 Å². The number of carboxylic acid groups (broad SMARTS) is 1. The quantitative estimate of drug-likeness (QED) is 0.221. The standard InChI is InChI=1S/C27H29N3O8S/c31-25(28-18-24(26(32)33)30-39(35,36)23-10-5-2-6-11-23)12-7-17-37-22-15-13-21(14-16-22)29-27(34)38-19-20-8-3-1-4-9-20/h1-6,8-11,13-16,24,30H,7,12,17-19H2,(H,28,31)(H,29,34)(H,32,33)/t24-/m0/s1. The molecule has 39 heavy (non-hydrogen) atoms. The lowest BCUT2D eigenvalue weighted by Crippen LogP contribution is -2.48. The van der Waals surface area contributed by atoms with Crippen LogP contribution in [0.4, 0.5) is 10.5 Å². The van der Waals surface area contributed by atoms with Crippen molar-refractivity contribution in [3.63, 3.8) is 0 Å². The first kappa shape index (κ1) is 29.1. The molecule has 0 radical (unpaired) electrons. The molecule has 0 heterocycles. The van der Waals surface area contributed by atoms with Crippen molar-refractivity contribution in [2.75, 3.05) is 18.5 Å². The van der Waals surface area contributed by atoms with Crippen LogP contribution >= 0.6 is 0 Å².